The summed E-state index contributed by atoms with van der Waals surface area (Å²) in [6, 6.07) is 7.61. The molecule has 1 atom stereocenters. The molecule has 0 saturated carbocycles. The number of alkyl carbamates (subject to hydrolysis) is 1. The minimum Gasteiger partial charge on any atom is -0.444 e. The molecule has 0 radical (unpaired) electrons. The highest BCUT2D eigenvalue weighted by molar-refractivity contribution is 14.1. The number of hydrogen-bond donors (Lipinski definition) is 2. The monoisotopic (exact) mass is 362 g/mol. The van der Waals surface area contributed by atoms with Crippen molar-refractivity contribution in [3.8, 4) is 0 Å². The molecule has 5 heteroatoms. The highest BCUT2D eigenvalue weighted by Gasteiger charge is 2.17. The van der Waals surface area contributed by atoms with Crippen LogP contribution in [0.25, 0.3) is 0 Å². The Balaban J connectivity index is 2.49. The Labute approximate surface area is 121 Å². The van der Waals surface area contributed by atoms with Gasteiger partial charge in [-0.2, -0.15) is 0 Å². The lowest BCUT2D eigenvalue weighted by molar-refractivity contribution is 0.0524. The maximum Gasteiger partial charge on any atom is 0.407 e. The lowest BCUT2D eigenvalue weighted by Gasteiger charge is -2.21. The summed E-state index contributed by atoms with van der Waals surface area (Å²) in [5.41, 5.74) is 6.56. The number of ether oxygens (including phenoxy) is 1. The summed E-state index contributed by atoms with van der Waals surface area (Å²) < 4.78 is 6.24. The van der Waals surface area contributed by atoms with Crippen LogP contribution in [-0.4, -0.2) is 18.2 Å². The second-order valence-corrected chi connectivity index (χ2v) is 6.17. The first-order chi connectivity index (χ1) is 8.29. The van der Waals surface area contributed by atoms with Crippen LogP contribution in [-0.2, 0) is 4.74 Å². The Hall–Kier alpha value is -0.820. The lowest BCUT2D eigenvalue weighted by atomic mass is 10.1. The van der Waals surface area contributed by atoms with Crippen molar-refractivity contribution >= 4 is 28.7 Å². The van der Waals surface area contributed by atoms with Gasteiger partial charge < -0.3 is 15.8 Å². The van der Waals surface area contributed by atoms with E-state index in [0.717, 1.165) is 9.13 Å². The van der Waals surface area contributed by atoms with Crippen molar-refractivity contribution in [2.45, 2.75) is 32.4 Å². The van der Waals surface area contributed by atoms with Crippen LogP contribution in [0.15, 0.2) is 24.3 Å². The molecule has 4 nitrogen and oxygen atoms in total. The Morgan fingerprint density at radius 3 is 2.61 bits per heavy atom. The third-order valence-electron chi connectivity index (χ3n) is 2.17. The molecule has 0 aliphatic carbocycles. The number of nitrogens with one attached hydrogen (secondary N) is 1. The van der Waals surface area contributed by atoms with Crippen molar-refractivity contribution in [2.24, 2.45) is 5.73 Å². The molecule has 1 aromatic carbocycles. The van der Waals surface area contributed by atoms with Crippen LogP contribution in [0.5, 0.6) is 0 Å². The quantitative estimate of drug-likeness (QED) is 0.813. The van der Waals surface area contributed by atoms with Gasteiger partial charge in [0.25, 0.3) is 0 Å². The molecule has 3 N–H and O–H groups in total. The zero-order valence-electron chi connectivity index (χ0n) is 10.9. The molecule has 0 heterocycles. The van der Waals surface area contributed by atoms with Crippen LogP contribution in [0.2, 0.25) is 0 Å². The molecule has 18 heavy (non-hydrogen) atoms. The third-order valence-corrected chi connectivity index (χ3v) is 3.15. The minimum atomic E-state index is -0.491. The summed E-state index contributed by atoms with van der Waals surface area (Å²) in [5.74, 6) is 0. The topological polar surface area (TPSA) is 64.3 Å². The lowest BCUT2D eigenvalue weighted by Crippen LogP contribution is -2.36. The normalized spacial score (nSPS) is 12.9. The van der Waals surface area contributed by atoms with Crippen LogP contribution in [0.3, 0.4) is 0 Å². The van der Waals surface area contributed by atoms with Gasteiger partial charge in [-0.25, -0.2) is 4.79 Å². The highest BCUT2D eigenvalue weighted by Crippen LogP contribution is 2.17. The molecule has 0 unspecified atom stereocenters. The van der Waals surface area contributed by atoms with Gasteiger partial charge in [0, 0.05) is 16.2 Å². The third kappa shape index (κ3) is 5.22. The molecule has 0 spiro atoms. The fourth-order valence-electron chi connectivity index (χ4n) is 1.39. The van der Waals surface area contributed by atoms with Crippen molar-refractivity contribution in [1.82, 2.24) is 5.32 Å². The van der Waals surface area contributed by atoms with Crippen LogP contribution in [0.4, 0.5) is 4.79 Å². The number of rotatable bonds is 3. The zero-order valence-corrected chi connectivity index (χ0v) is 13.0. The molecule has 1 aromatic rings. The van der Waals surface area contributed by atoms with Crippen LogP contribution >= 0.6 is 22.6 Å². The van der Waals surface area contributed by atoms with Gasteiger partial charge in [0.2, 0.25) is 0 Å². The highest BCUT2D eigenvalue weighted by atomic mass is 127. The fraction of sp³-hybridized carbons (Fsp3) is 0.462. The second kappa shape index (κ2) is 6.38. The second-order valence-electron chi connectivity index (χ2n) is 5.01. The van der Waals surface area contributed by atoms with Gasteiger partial charge in [-0.1, -0.05) is 18.2 Å². The average Bonchev–Trinajstić information content (AvgIpc) is 2.24. The number of hydrogen-bond acceptors (Lipinski definition) is 3. The molecule has 1 rings (SSSR count). The largest absolute Gasteiger partial charge is 0.444 e. The summed E-state index contributed by atoms with van der Waals surface area (Å²) in [4.78, 5) is 11.5. The summed E-state index contributed by atoms with van der Waals surface area (Å²) in [6.45, 7) is 5.83. The first-order valence-electron chi connectivity index (χ1n) is 5.76. The van der Waals surface area contributed by atoms with Gasteiger partial charge in [0.15, 0.2) is 0 Å². The summed E-state index contributed by atoms with van der Waals surface area (Å²) in [6.07, 6.45) is -0.441. The number of amides is 1. The van der Waals surface area contributed by atoms with Crippen LogP contribution < -0.4 is 11.1 Å². The number of halogens is 1. The summed E-state index contributed by atoms with van der Waals surface area (Å²) in [5, 5.41) is 2.68. The van der Waals surface area contributed by atoms with E-state index < -0.39 is 11.7 Å². The van der Waals surface area contributed by atoms with Gasteiger partial charge in [0.05, 0.1) is 0 Å². The number of carbonyl (C=O) groups is 1. The molecule has 1 amide bonds. The molecule has 0 aliphatic heterocycles. The zero-order chi connectivity index (χ0) is 13.8. The first-order valence-corrected chi connectivity index (χ1v) is 6.84. The Morgan fingerprint density at radius 1 is 1.44 bits per heavy atom. The molecule has 100 valence electrons. The van der Waals surface area contributed by atoms with Gasteiger partial charge in [-0.15, -0.1) is 0 Å². The van der Waals surface area contributed by atoms with Crippen molar-refractivity contribution in [3.05, 3.63) is 33.4 Å². The first kappa shape index (κ1) is 15.2. The van der Waals surface area contributed by atoms with Crippen LogP contribution in [0.1, 0.15) is 32.4 Å². The smallest absolute Gasteiger partial charge is 0.407 e. The molecule has 0 aromatic heterocycles. The van der Waals surface area contributed by atoms with Crippen molar-refractivity contribution in [2.75, 3.05) is 6.54 Å². The van der Waals surface area contributed by atoms with E-state index in [2.05, 4.69) is 27.9 Å². The summed E-state index contributed by atoms with van der Waals surface area (Å²) >= 11 is 2.23. The molecular weight excluding hydrogens is 343 g/mol. The molecular formula is C13H19IN2O2. The number of carbonyl (C=O) groups excluding carboxylic acids is 1. The van der Waals surface area contributed by atoms with Crippen molar-refractivity contribution in [1.29, 1.82) is 0 Å². The molecule has 0 fully saturated rings. The van der Waals surface area contributed by atoms with E-state index in [4.69, 9.17) is 10.5 Å². The predicted molar refractivity (Wildman–Crippen MR) is 80.3 cm³/mol. The molecule has 0 aliphatic rings. The van der Waals surface area contributed by atoms with E-state index in [0.29, 0.717) is 6.54 Å². The van der Waals surface area contributed by atoms with E-state index in [1.54, 1.807) is 0 Å². The van der Waals surface area contributed by atoms with E-state index in [-0.39, 0.29) is 6.04 Å². The Bertz CT molecular complexity index is 416. The van der Waals surface area contributed by atoms with Gasteiger partial charge in [0.1, 0.15) is 5.60 Å². The maximum atomic E-state index is 11.5. The van der Waals surface area contributed by atoms with E-state index in [1.807, 2.05) is 45.0 Å². The van der Waals surface area contributed by atoms with Gasteiger partial charge in [-0.05, 0) is 55.0 Å². The molecule has 0 bridgehead atoms. The number of nitrogens with two attached hydrogens (primary N) is 1. The standard InChI is InChI=1S/C13H19IN2O2/c1-13(2,3)18-12(17)16-8-11(15)9-6-4-5-7-10(9)14/h4-7,11H,8,15H2,1-3H3,(H,16,17)/t11-/m1/s1. The average molecular weight is 362 g/mol. The Kier molecular flexibility index (Phi) is 5.40. The Morgan fingerprint density at radius 2 is 2.06 bits per heavy atom. The van der Waals surface area contributed by atoms with E-state index in [1.165, 1.54) is 0 Å². The van der Waals surface area contributed by atoms with Crippen molar-refractivity contribution < 1.29 is 9.53 Å². The van der Waals surface area contributed by atoms with E-state index >= 15 is 0 Å². The van der Waals surface area contributed by atoms with Crippen molar-refractivity contribution in [3.63, 3.8) is 0 Å². The van der Waals surface area contributed by atoms with Gasteiger partial charge >= 0.3 is 6.09 Å². The minimum absolute atomic E-state index is 0.231. The summed E-state index contributed by atoms with van der Waals surface area (Å²) in [7, 11) is 0. The fourth-order valence-corrected chi connectivity index (χ4v) is 2.18. The van der Waals surface area contributed by atoms with Crippen LogP contribution in [0, 0.1) is 3.57 Å². The SMILES string of the molecule is CC(C)(C)OC(=O)NC[C@@H](N)c1ccccc1I. The predicted octanol–water partition coefficient (Wildman–Crippen LogP) is 2.82. The van der Waals surface area contributed by atoms with E-state index in [9.17, 15) is 4.79 Å². The maximum absolute atomic E-state index is 11.5. The molecule has 0 saturated heterocycles. The van der Waals surface area contributed by atoms with Gasteiger partial charge in [-0.3, -0.25) is 0 Å². The number of benzene rings is 1.